The number of alkyl carbamates (subject to hydrolysis) is 1. The second-order valence-corrected chi connectivity index (χ2v) is 5.52. The van der Waals surface area contributed by atoms with Crippen LogP contribution in [0.4, 0.5) is 23.7 Å². The Morgan fingerprint density at radius 3 is 2.56 bits per heavy atom. The third kappa shape index (κ3) is 7.72. The molecule has 0 aliphatic heterocycles. The summed E-state index contributed by atoms with van der Waals surface area (Å²) in [7, 11) is 0. The molecule has 2 rings (SSSR count). The number of nitrogens with two attached hydrogens (primary N) is 1. The Balaban J connectivity index is 1.71. The number of nitrogens with one attached hydrogen (secondary N) is 1. The van der Waals surface area contributed by atoms with Crippen molar-refractivity contribution in [2.45, 2.75) is 19.4 Å². The van der Waals surface area contributed by atoms with Gasteiger partial charge >= 0.3 is 12.5 Å². The van der Waals surface area contributed by atoms with Crippen LogP contribution in [0.15, 0.2) is 54.6 Å². The molecule has 2 aromatic rings. The van der Waals surface area contributed by atoms with E-state index in [-0.39, 0.29) is 12.3 Å². The van der Waals surface area contributed by atoms with Gasteiger partial charge in [-0.2, -0.15) is 0 Å². The van der Waals surface area contributed by atoms with Gasteiger partial charge in [0.25, 0.3) is 0 Å². The van der Waals surface area contributed by atoms with Gasteiger partial charge in [-0.25, -0.2) is 4.79 Å². The molecule has 0 aromatic heterocycles. The lowest BCUT2D eigenvalue weighted by atomic mass is 10.1. The Morgan fingerprint density at radius 1 is 1.15 bits per heavy atom. The van der Waals surface area contributed by atoms with Crippen LogP contribution in [0.2, 0.25) is 0 Å². The maximum absolute atomic E-state index is 12.2. The lowest BCUT2D eigenvalue weighted by Crippen LogP contribution is -2.24. The average Bonchev–Trinajstić information content (AvgIpc) is 2.62. The number of halogens is 3. The summed E-state index contributed by atoms with van der Waals surface area (Å²) < 4.78 is 45.4. The van der Waals surface area contributed by atoms with Crippen molar-refractivity contribution >= 4 is 17.9 Å². The van der Waals surface area contributed by atoms with Crippen LogP contribution >= 0.6 is 0 Å². The molecule has 144 valence electrons. The highest BCUT2D eigenvalue weighted by molar-refractivity contribution is 5.67. The van der Waals surface area contributed by atoms with Crippen LogP contribution < -0.4 is 15.8 Å². The van der Waals surface area contributed by atoms with E-state index in [1.165, 1.54) is 12.1 Å². The molecule has 0 saturated heterocycles. The van der Waals surface area contributed by atoms with Crippen molar-refractivity contribution in [3.05, 3.63) is 65.7 Å². The van der Waals surface area contributed by atoms with Crippen molar-refractivity contribution in [2.24, 2.45) is 0 Å². The maximum Gasteiger partial charge on any atom is 0.573 e. The molecule has 0 spiro atoms. The summed E-state index contributed by atoms with van der Waals surface area (Å²) in [6, 6.07) is 13.3. The van der Waals surface area contributed by atoms with E-state index in [1.807, 2.05) is 30.3 Å². The molecule has 3 N–H and O–H groups in total. The number of alkyl halides is 3. The van der Waals surface area contributed by atoms with E-state index >= 15 is 0 Å². The molecular weight excluding hydrogens is 361 g/mol. The van der Waals surface area contributed by atoms with Gasteiger partial charge in [0.1, 0.15) is 6.61 Å². The van der Waals surface area contributed by atoms with Gasteiger partial charge in [-0.1, -0.05) is 48.6 Å². The quantitative estimate of drug-likeness (QED) is 0.548. The van der Waals surface area contributed by atoms with E-state index in [0.29, 0.717) is 18.5 Å². The highest BCUT2D eigenvalue weighted by Crippen LogP contribution is 2.29. The summed E-state index contributed by atoms with van der Waals surface area (Å²) in [4.78, 5) is 11.6. The summed E-state index contributed by atoms with van der Waals surface area (Å²) in [5.74, 6) is -0.442. The van der Waals surface area contributed by atoms with Crippen molar-refractivity contribution in [2.75, 3.05) is 12.3 Å². The first-order chi connectivity index (χ1) is 12.8. The zero-order valence-electron chi connectivity index (χ0n) is 14.3. The van der Waals surface area contributed by atoms with Gasteiger partial charge in [-0.15, -0.1) is 13.2 Å². The minimum absolute atomic E-state index is 0.114. The molecule has 0 bridgehead atoms. The number of hydrogen-bond acceptors (Lipinski definition) is 4. The minimum Gasteiger partial charge on any atom is -0.445 e. The van der Waals surface area contributed by atoms with Crippen LogP contribution in [0.25, 0.3) is 6.08 Å². The predicted octanol–water partition coefficient (Wildman–Crippen LogP) is 4.50. The van der Waals surface area contributed by atoms with Crippen LogP contribution in [0.1, 0.15) is 17.5 Å². The third-order valence-corrected chi connectivity index (χ3v) is 3.36. The lowest BCUT2D eigenvalue weighted by molar-refractivity contribution is -0.274. The van der Waals surface area contributed by atoms with E-state index in [2.05, 4.69) is 10.1 Å². The molecule has 1 amide bonds. The smallest absolute Gasteiger partial charge is 0.445 e. The SMILES string of the molecule is Nc1cc(C=CCCNC(=O)OCc2ccccc2)ccc1OC(F)(F)F. The second-order valence-electron chi connectivity index (χ2n) is 5.52. The number of ether oxygens (including phenoxy) is 2. The number of rotatable bonds is 7. The Hall–Kier alpha value is -3.16. The van der Waals surface area contributed by atoms with E-state index in [9.17, 15) is 18.0 Å². The largest absolute Gasteiger partial charge is 0.573 e. The van der Waals surface area contributed by atoms with Gasteiger partial charge in [0.15, 0.2) is 5.75 Å². The van der Waals surface area contributed by atoms with Crippen LogP contribution in [0.3, 0.4) is 0 Å². The maximum atomic E-state index is 12.2. The molecule has 0 radical (unpaired) electrons. The number of amides is 1. The summed E-state index contributed by atoms with van der Waals surface area (Å²) >= 11 is 0. The molecule has 0 aliphatic carbocycles. The van der Waals surface area contributed by atoms with Crippen LogP contribution in [0.5, 0.6) is 5.75 Å². The van der Waals surface area contributed by atoms with Gasteiger partial charge in [0.05, 0.1) is 5.69 Å². The monoisotopic (exact) mass is 380 g/mol. The molecule has 0 atom stereocenters. The second kappa shape index (κ2) is 9.51. The molecule has 5 nitrogen and oxygen atoms in total. The first-order valence-corrected chi connectivity index (χ1v) is 8.10. The summed E-state index contributed by atoms with van der Waals surface area (Å²) in [6.07, 6.45) is -1.35. The number of carbonyl (C=O) groups is 1. The minimum atomic E-state index is -4.79. The molecule has 2 aromatic carbocycles. The molecule has 0 unspecified atom stereocenters. The molecule has 27 heavy (non-hydrogen) atoms. The van der Waals surface area contributed by atoms with Crippen molar-refractivity contribution in [1.82, 2.24) is 5.32 Å². The van der Waals surface area contributed by atoms with Crippen molar-refractivity contribution in [3.63, 3.8) is 0 Å². The van der Waals surface area contributed by atoms with Crippen molar-refractivity contribution in [3.8, 4) is 5.75 Å². The summed E-state index contributed by atoms with van der Waals surface area (Å²) in [6.45, 7) is 0.545. The van der Waals surface area contributed by atoms with E-state index in [1.54, 1.807) is 12.2 Å². The van der Waals surface area contributed by atoms with Gasteiger partial charge in [-0.05, 0) is 29.7 Å². The average molecular weight is 380 g/mol. The van der Waals surface area contributed by atoms with Gasteiger partial charge < -0.3 is 20.5 Å². The third-order valence-electron chi connectivity index (χ3n) is 3.36. The van der Waals surface area contributed by atoms with Gasteiger partial charge in [-0.3, -0.25) is 0 Å². The first-order valence-electron chi connectivity index (χ1n) is 8.10. The highest BCUT2D eigenvalue weighted by Gasteiger charge is 2.31. The number of nitrogen functional groups attached to an aromatic ring is 1. The molecule has 0 heterocycles. The summed E-state index contributed by atoms with van der Waals surface area (Å²) in [5, 5.41) is 2.60. The number of hydrogen-bond donors (Lipinski definition) is 2. The Morgan fingerprint density at radius 2 is 1.89 bits per heavy atom. The zero-order valence-corrected chi connectivity index (χ0v) is 14.3. The fraction of sp³-hybridized carbons (Fsp3) is 0.211. The standard InChI is InChI=1S/C19H19F3N2O3/c20-19(21,22)27-17-10-9-14(12-16(17)23)6-4-5-11-24-18(25)26-13-15-7-2-1-3-8-15/h1-4,6-10,12H,5,11,13,23H2,(H,24,25). The number of anilines is 1. The predicted molar refractivity (Wildman–Crippen MR) is 95.8 cm³/mol. The normalized spacial score (nSPS) is 11.4. The fourth-order valence-corrected chi connectivity index (χ4v) is 2.14. The van der Waals surface area contributed by atoms with Gasteiger partial charge in [0.2, 0.25) is 0 Å². The van der Waals surface area contributed by atoms with E-state index < -0.39 is 18.2 Å². The molecular formula is C19H19F3N2O3. The Bertz CT molecular complexity index is 778. The summed E-state index contributed by atoms with van der Waals surface area (Å²) in [5.41, 5.74) is 6.94. The molecule has 0 saturated carbocycles. The fourth-order valence-electron chi connectivity index (χ4n) is 2.14. The molecule has 0 fully saturated rings. The topological polar surface area (TPSA) is 73.6 Å². The van der Waals surface area contributed by atoms with Crippen molar-refractivity contribution < 1.29 is 27.4 Å². The number of carbonyl (C=O) groups excluding carboxylic acids is 1. The Kier molecular flexibility index (Phi) is 7.10. The van der Waals surface area contributed by atoms with E-state index in [0.717, 1.165) is 11.6 Å². The zero-order chi connectivity index (χ0) is 19.7. The van der Waals surface area contributed by atoms with Crippen LogP contribution in [0, 0.1) is 0 Å². The highest BCUT2D eigenvalue weighted by atomic mass is 19.4. The van der Waals surface area contributed by atoms with Crippen LogP contribution in [-0.2, 0) is 11.3 Å². The molecule has 0 aliphatic rings. The van der Waals surface area contributed by atoms with Crippen molar-refractivity contribution in [1.29, 1.82) is 0 Å². The first kappa shape index (κ1) is 20.2. The Labute approximate surface area is 154 Å². The molecule has 8 heteroatoms. The number of benzene rings is 2. The van der Waals surface area contributed by atoms with E-state index in [4.69, 9.17) is 10.5 Å². The van der Waals surface area contributed by atoms with Gasteiger partial charge in [0, 0.05) is 6.54 Å². The van der Waals surface area contributed by atoms with Crippen LogP contribution in [-0.4, -0.2) is 19.0 Å². The lowest BCUT2D eigenvalue weighted by Gasteiger charge is -2.11.